The maximum Gasteiger partial charge on any atom is 0.259 e. The fourth-order valence-electron chi connectivity index (χ4n) is 2.25. The first kappa shape index (κ1) is 17.1. The Morgan fingerprint density at radius 3 is 2.52 bits per heavy atom. The van der Waals surface area contributed by atoms with Gasteiger partial charge >= 0.3 is 0 Å². The summed E-state index contributed by atoms with van der Waals surface area (Å²) < 4.78 is 32.4. The van der Waals surface area contributed by atoms with Crippen molar-refractivity contribution < 1.29 is 13.2 Å². The summed E-state index contributed by atoms with van der Waals surface area (Å²) >= 11 is 0. The second kappa shape index (κ2) is 7.43. The van der Waals surface area contributed by atoms with Crippen LogP contribution in [0.3, 0.4) is 0 Å². The number of anilines is 1. The van der Waals surface area contributed by atoms with E-state index in [2.05, 4.69) is 19.7 Å². The Bertz CT molecular complexity index is 962. The predicted octanol–water partition coefficient (Wildman–Crippen LogP) is 2.76. The Balaban J connectivity index is 1.94. The molecule has 25 heavy (non-hydrogen) atoms. The summed E-state index contributed by atoms with van der Waals surface area (Å²) in [5.41, 5.74) is 2.06. The third kappa shape index (κ3) is 4.42. The van der Waals surface area contributed by atoms with Crippen molar-refractivity contribution in [2.75, 3.05) is 10.5 Å². The van der Waals surface area contributed by atoms with Crippen LogP contribution >= 0.6 is 0 Å². The molecule has 1 N–H and O–H groups in total. The van der Waals surface area contributed by atoms with Crippen molar-refractivity contribution in [2.45, 2.75) is 20.0 Å². The Hall–Kier alpha value is -2.74. The van der Waals surface area contributed by atoms with Crippen LogP contribution < -0.4 is 9.46 Å². The summed E-state index contributed by atoms with van der Waals surface area (Å²) in [5, 5.41) is 0. The fourth-order valence-corrected chi connectivity index (χ4v) is 3.32. The molecule has 3 rings (SSSR count). The third-order valence-corrected chi connectivity index (χ3v) is 4.81. The number of nitrogens with one attached hydrogen (secondary N) is 1. The quantitative estimate of drug-likeness (QED) is 0.698. The molecule has 0 spiro atoms. The topological polar surface area (TPSA) is 94.1 Å². The standard InChI is InChI=1S/C17H18N4O3S/c1-2-10-25(22,23)21-16-17(24-12-13-6-5-9-18-11-13)20-15-8-4-3-7-14(15)19-16/h3-9,11H,2,10,12H2,1H3,(H,19,21). The molecule has 0 saturated carbocycles. The van der Waals surface area contributed by atoms with Crippen LogP contribution in [0, 0.1) is 0 Å². The number of hydrogen-bond donors (Lipinski definition) is 1. The van der Waals surface area contributed by atoms with Gasteiger partial charge in [-0.25, -0.2) is 18.4 Å². The second-order valence-corrected chi connectivity index (χ2v) is 7.28. The average molecular weight is 358 g/mol. The van der Waals surface area contributed by atoms with Gasteiger partial charge in [0, 0.05) is 18.0 Å². The van der Waals surface area contributed by atoms with E-state index in [1.54, 1.807) is 37.5 Å². The second-order valence-electron chi connectivity index (χ2n) is 5.44. The number of hydrogen-bond acceptors (Lipinski definition) is 6. The number of rotatable bonds is 7. The lowest BCUT2D eigenvalue weighted by molar-refractivity contribution is 0.295. The molecule has 130 valence electrons. The number of aromatic nitrogens is 3. The van der Waals surface area contributed by atoms with Gasteiger partial charge in [-0.2, -0.15) is 0 Å². The molecule has 0 fully saturated rings. The summed E-state index contributed by atoms with van der Waals surface area (Å²) in [6.07, 6.45) is 3.85. The lowest BCUT2D eigenvalue weighted by atomic mass is 10.3. The van der Waals surface area contributed by atoms with Gasteiger partial charge in [-0.15, -0.1) is 0 Å². The van der Waals surface area contributed by atoms with Crippen molar-refractivity contribution in [3.8, 4) is 5.88 Å². The van der Waals surface area contributed by atoms with Gasteiger partial charge in [-0.3, -0.25) is 9.71 Å². The first-order chi connectivity index (χ1) is 12.1. The van der Waals surface area contributed by atoms with E-state index in [9.17, 15) is 8.42 Å². The van der Waals surface area contributed by atoms with Crippen molar-refractivity contribution in [1.29, 1.82) is 0 Å². The van der Waals surface area contributed by atoms with Gasteiger partial charge in [0.2, 0.25) is 15.8 Å². The van der Waals surface area contributed by atoms with Crippen molar-refractivity contribution in [3.63, 3.8) is 0 Å². The molecule has 3 aromatic rings. The maximum atomic E-state index is 12.1. The number of para-hydroxylation sites is 2. The fraction of sp³-hybridized carbons (Fsp3) is 0.235. The van der Waals surface area contributed by atoms with Gasteiger partial charge in [0.25, 0.3) is 5.88 Å². The monoisotopic (exact) mass is 358 g/mol. The summed E-state index contributed by atoms with van der Waals surface area (Å²) in [4.78, 5) is 12.8. The third-order valence-electron chi connectivity index (χ3n) is 3.36. The predicted molar refractivity (Wildman–Crippen MR) is 95.8 cm³/mol. The minimum atomic E-state index is -3.50. The van der Waals surface area contributed by atoms with Crippen LogP contribution in [0.25, 0.3) is 11.0 Å². The number of nitrogens with zero attached hydrogens (tertiary/aromatic N) is 3. The molecule has 0 bridgehead atoms. The molecule has 0 aliphatic carbocycles. The number of benzene rings is 1. The maximum absolute atomic E-state index is 12.1. The van der Waals surface area contributed by atoms with Crippen molar-refractivity contribution in [1.82, 2.24) is 15.0 Å². The molecule has 0 amide bonds. The molecular weight excluding hydrogens is 340 g/mol. The van der Waals surface area contributed by atoms with Crippen LogP contribution in [-0.2, 0) is 16.6 Å². The van der Waals surface area contributed by atoms with Gasteiger partial charge in [0.05, 0.1) is 16.8 Å². The summed E-state index contributed by atoms with van der Waals surface area (Å²) in [5.74, 6) is 0.238. The molecule has 0 radical (unpaired) electrons. The Morgan fingerprint density at radius 2 is 1.84 bits per heavy atom. The highest BCUT2D eigenvalue weighted by molar-refractivity contribution is 7.92. The van der Waals surface area contributed by atoms with Crippen LogP contribution in [0.4, 0.5) is 5.82 Å². The SMILES string of the molecule is CCCS(=O)(=O)Nc1nc2ccccc2nc1OCc1cccnc1. The lowest BCUT2D eigenvalue weighted by Crippen LogP contribution is -2.18. The van der Waals surface area contributed by atoms with E-state index < -0.39 is 10.0 Å². The van der Waals surface area contributed by atoms with E-state index in [0.717, 1.165) is 5.56 Å². The first-order valence-corrected chi connectivity index (χ1v) is 9.51. The smallest absolute Gasteiger partial charge is 0.259 e. The molecule has 0 atom stereocenters. The average Bonchev–Trinajstić information content (AvgIpc) is 2.60. The highest BCUT2D eigenvalue weighted by atomic mass is 32.2. The van der Waals surface area contributed by atoms with Crippen LogP contribution in [-0.4, -0.2) is 29.1 Å². The lowest BCUT2D eigenvalue weighted by Gasteiger charge is -2.12. The molecule has 8 heteroatoms. The van der Waals surface area contributed by atoms with Gasteiger partial charge in [0.15, 0.2) is 0 Å². The van der Waals surface area contributed by atoms with Crippen molar-refractivity contribution in [3.05, 3.63) is 54.4 Å². The highest BCUT2D eigenvalue weighted by Crippen LogP contribution is 2.25. The Kier molecular flexibility index (Phi) is 5.08. The Morgan fingerprint density at radius 1 is 1.08 bits per heavy atom. The minimum Gasteiger partial charge on any atom is -0.470 e. The number of fused-ring (bicyclic) bond motifs is 1. The van der Waals surface area contributed by atoms with Crippen LogP contribution in [0.15, 0.2) is 48.8 Å². The van der Waals surface area contributed by atoms with Crippen molar-refractivity contribution >= 4 is 26.9 Å². The zero-order chi connectivity index (χ0) is 17.7. The molecule has 0 aliphatic rings. The van der Waals surface area contributed by atoms with E-state index in [0.29, 0.717) is 17.5 Å². The molecule has 0 aliphatic heterocycles. The van der Waals surface area contributed by atoms with E-state index in [-0.39, 0.29) is 24.1 Å². The number of sulfonamides is 1. The molecule has 0 saturated heterocycles. The van der Waals surface area contributed by atoms with E-state index >= 15 is 0 Å². The molecular formula is C17H18N4O3S. The number of ether oxygens (including phenoxy) is 1. The van der Waals surface area contributed by atoms with Crippen LogP contribution in [0.5, 0.6) is 5.88 Å². The van der Waals surface area contributed by atoms with Crippen molar-refractivity contribution in [2.24, 2.45) is 0 Å². The zero-order valence-electron chi connectivity index (χ0n) is 13.7. The van der Waals surface area contributed by atoms with E-state index in [4.69, 9.17) is 4.74 Å². The molecule has 1 aromatic carbocycles. The van der Waals surface area contributed by atoms with Crippen LogP contribution in [0.1, 0.15) is 18.9 Å². The number of pyridine rings is 1. The first-order valence-electron chi connectivity index (χ1n) is 7.86. The van der Waals surface area contributed by atoms with Gasteiger partial charge in [-0.1, -0.05) is 25.1 Å². The van der Waals surface area contributed by atoms with Crippen LogP contribution in [0.2, 0.25) is 0 Å². The van der Waals surface area contributed by atoms with Gasteiger partial charge in [0.1, 0.15) is 6.61 Å². The highest BCUT2D eigenvalue weighted by Gasteiger charge is 2.17. The molecule has 0 unspecified atom stereocenters. The van der Waals surface area contributed by atoms with E-state index in [1.807, 2.05) is 18.2 Å². The van der Waals surface area contributed by atoms with Gasteiger partial charge < -0.3 is 4.74 Å². The summed E-state index contributed by atoms with van der Waals surface area (Å²) in [6, 6.07) is 10.9. The zero-order valence-corrected chi connectivity index (χ0v) is 14.5. The summed E-state index contributed by atoms with van der Waals surface area (Å²) in [7, 11) is -3.50. The minimum absolute atomic E-state index is 0.00352. The molecule has 2 aromatic heterocycles. The van der Waals surface area contributed by atoms with Gasteiger partial charge in [-0.05, 0) is 24.6 Å². The normalized spacial score (nSPS) is 11.4. The largest absolute Gasteiger partial charge is 0.470 e. The molecule has 7 nitrogen and oxygen atoms in total. The van der Waals surface area contributed by atoms with E-state index in [1.165, 1.54) is 0 Å². The Labute approximate surface area is 146 Å². The molecule has 2 heterocycles. The summed E-state index contributed by atoms with van der Waals surface area (Å²) in [6.45, 7) is 2.01.